The third kappa shape index (κ3) is 2.66. The van der Waals surface area contributed by atoms with E-state index in [-0.39, 0.29) is 0 Å². The summed E-state index contributed by atoms with van der Waals surface area (Å²) in [5, 5.41) is 3.11. The first-order valence-electron chi connectivity index (χ1n) is 5.51. The second-order valence-corrected chi connectivity index (χ2v) is 6.00. The summed E-state index contributed by atoms with van der Waals surface area (Å²) >= 11 is 5.73. The molecule has 3 nitrogen and oxygen atoms in total. The normalized spacial score (nSPS) is 10.5. The Morgan fingerprint density at radius 2 is 1.94 bits per heavy atom. The molecule has 0 aliphatic heterocycles. The third-order valence-corrected chi connectivity index (χ3v) is 4.47. The Balaban J connectivity index is 2.60. The van der Waals surface area contributed by atoms with Gasteiger partial charge in [0.15, 0.2) is 5.82 Å². The Kier molecular flexibility index (Phi) is 4.21. The largest absolute Gasteiger partial charge is 0.372 e. The van der Waals surface area contributed by atoms with E-state index in [4.69, 9.17) is 0 Å². The van der Waals surface area contributed by atoms with Gasteiger partial charge in [-0.2, -0.15) is 0 Å². The summed E-state index contributed by atoms with van der Waals surface area (Å²) in [7, 11) is 1.88. The van der Waals surface area contributed by atoms with Gasteiger partial charge < -0.3 is 5.32 Å². The number of benzene rings is 1. The number of aryl methyl sites for hydroxylation is 2. The highest BCUT2D eigenvalue weighted by Crippen LogP contribution is 2.27. The van der Waals surface area contributed by atoms with Crippen LogP contribution in [0.1, 0.15) is 11.3 Å². The second-order valence-electron chi connectivity index (χ2n) is 4.00. The molecule has 0 aliphatic rings. The second kappa shape index (κ2) is 5.52. The van der Waals surface area contributed by atoms with Gasteiger partial charge >= 0.3 is 0 Å². The van der Waals surface area contributed by atoms with Gasteiger partial charge in [-0.3, -0.25) is 0 Å². The maximum atomic E-state index is 4.57. The highest BCUT2D eigenvalue weighted by Gasteiger charge is 2.11. The van der Waals surface area contributed by atoms with Crippen LogP contribution < -0.4 is 5.32 Å². The minimum Gasteiger partial charge on any atom is -0.372 e. The summed E-state index contributed by atoms with van der Waals surface area (Å²) < 4.78 is 2.13. The van der Waals surface area contributed by atoms with Crippen LogP contribution in [0, 0.1) is 17.4 Å². The van der Waals surface area contributed by atoms with Crippen LogP contribution in [-0.4, -0.2) is 17.0 Å². The van der Waals surface area contributed by atoms with Gasteiger partial charge in [0.2, 0.25) is 0 Å². The van der Waals surface area contributed by atoms with Crippen LogP contribution in [0.25, 0.3) is 11.4 Å². The van der Waals surface area contributed by atoms with Crippen molar-refractivity contribution in [2.45, 2.75) is 13.8 Å². The standard InChI is InChI=1S/C13H13BrIN3/c1-7-6-9(14)4-5-10(7)12-17-8(2)11(15)13(16-3)18-12/h4-6H,1-3H3,(H,16,17,18). The van der Waals surface area contributed by atoms with E-state index in [0.29, 0.717) is 0 Å². The molecule has 0 saturated carbocycles. The topological polar surface area (TPSA) is 37.8 Å². The lowest BCUT2D eigenvalue weighted by Gasteiger charge is -2.10. The zero-order valence-electron chi connectivity index (χ0n) is 10.4. The lowest BCUT2D eigenvalue weighted by Crippen LogP contribution is -2.03. The molecule has 1 heterocycles. The van der Waals surface area contributed by atoms with Gasteiger partial charge in [-0.05, 0) is 60.2 Å². The monoisotopic (exact) mass is 417 g/mol. The SMILES string of the molecule is CNc1nc(-c2ccc(Br)cc2C)nc(C)c1I. The number of aromatic nitrogens is 2. The van der Waals surface area contributed by atoms with Gasteiger partial charge in [0.25, 0.3) is 0 Å². The molecule has 0 unspecified atom stereocenters. The molecule has 18 heavy (non-hydrogen) atoms. The maximum absolute atomic E-state index is 4.57. The van der Waals surface area contributed by atoms with Crippen LogP contribution in [0.2, 0.25) is 0 Å². The van der Waals surface area contributed by atoms with Crippen molar-refractivity contribution in [2.24, 2.45) is 0 Å². The molecule has 0 atom stereocenters. The zero-order chi connectivity index (χ0) is 13.3. The highest BCUT2D eigenvalue weighted by molar-refractivity contribution is 14.1. The Hall–Kier alpha value is -0.690. The molecule has 2 aromatic rings. The maximum Gasteiger partial charge on any atom is 0.162 e. The number of nitrogens with zero attached hydrogens (tertiary/aromatic N) is 2. The van der Waals surface area contributed by atoms with Gasteiger partial charge in [0, 0.05) is 17.1 Å². The molecule has 0 aliphatic carbocycles. The Bertz CT molecular complexity index is 599. The minimum atomic E-state index is 0.766. The van der Waals surface area contributed by atoms with Crippen molar-refractivity contribution in [2.75, 3.05) is 12.4 Å². The first-order valence-corrected chi connectivity index (χ1v) is 7.38. The Morgan fingerprint density at radius 3 is 2.56 bits per heavy atom. The van der Waals surface area contributed by atoms with Crippen LogP contribution >= 0.6 is 38.5 Å². The van der Waals surface area contributed by atoms with E-state index in [9.17, 15) is 0 Å². The van der Waals surface area contributed by atoms with Crippen LogP contribution in [-0.2, 0) is 0 Å². The average Bonchev–Trinajstić information content (AvgIpc) is 2.32. The summed E-state index contributed by atoms with van der Waals surface area (Å²) in [5.74, 6) is 1.64. The first-order chi connectivity index (χ1) is 8.52. The van der Waals surface area contributed by atoms with E-state index in [1.165, 1.54) is 0 Å². The van der Waals surface area contributed by atoms with E-state index in [0.717, 1.165) is 36.5 Å². The minimum absolute atomic E-state index is 0.766. The predicted molar refractivity (Wildman–Crippen MR) is 86.9 cm³/mol. The van der Waals surface area contributed by atoms with Gasteiger partial charge in [-0.15, -0.1) is 0 Å². The molecule has 0 radical (unpaired) electrons. The van der Waals surface area contributed by atoms with E-state index < -0.39 is 0 Å². The number of halogens is 2. The molecule has 94 valence electrons. The van der Waals surface area contributed by atoms with Crippen molar-refractivity contribution < 1.29 is 0 Å². The van der Waals surface area contributed by atoms with E-state index >= 15 is 0 Å². The van der Waals surface area contributed by atoms with Crippen molar-refractivity contribution in [1.29, 1.82) is 0 Å². The van der Waals surface area contributed by atoms with Gasteiger partial charge in [0.1, 0.15) is 5.82 Å². The van der Waals surface area contributed by atoms with Gasteiger partial charge in [-0.25, -0.2) is 9.97 Å². The molecule has 1 aromatic carbocycles. The van der Waals surface area contributed by atoms with Crippen molar-refractivity contribution in [1.82, 2.24) is 9.97 Å². The molecular weight excluding hydrogens is 405 g/mol. The van der Waals surface area contributed by atoms with Crippen LogP contribution in [0.15, 0.2) is 22.7 Å². The van der Waals surface area contributed by atoms with Crippen molar-refractivity contribution in [3.05, 3.63) is 37.5 Å². The van der Waals surface area contributed by atoms with Crippen LogP contribution in [0.4, 0.5) is 5.82 Å². The van der Waals surface area contributed by atoms with E-state index in [1.807, 2.05) is 26.1 Å². The molecule has 5 heteroatoms. The Labute approximate surface area is 129 Å². The molecule has 2 rings (SSSR count). The van der Waals surface area contributed by atoms with Crippen LogP contribution in [0.3, 0.4) is 0 Å². The molecule has 0 bridgehead atoms. The van der Waals surface area contributed by atoms with Gasteiger partial charge in [0.05, 0.1) is 9.26 Å². The summed E-state index contributed by atoms with van der Waals surface area (Å²) in [6.07, 6.45) is 0. The number of rotatable bonds is 2. The molecule has 1 N–H and O–H groups in total. The molecule has 1 aromatic heterocycles. The van der Waals surface area contributed by atoms with Crippen molar-refractivity contribution in [3.63, 3.8) is 0 Å². The average molecular weight is 418 g/mol. The quantitative estimate of drug-likeness (QED) is 0.745. The first kappa shape index (κ1) is 13.7. The zero-order valence-corrected chi connectivity index (χ0v) is 14.1. The van der Waals surface area contributed by atoms with Gasteiger partial charge in [-0.1, -0.05) is 15.9 Å². The fraction of sp³-hybridized carbons (Fsp3) is 0.231. The molecule has 0 fully saturated rings. The predicted octanol–water partition coefficient (Wildman–Crippen LogP) is 4.17. The summed E-state index contributed by atoms with van der Waals surface area (Å²) in [4.78, 5) is 9.14. The molecule has 0 spiro atoms. The lowest BCUT2D eigenvalue weighted by atomic mass is 10.1. The van der Waals surface area contributed by atoms with E-state index in [2.05, 4.69) is 66.8 Å². The molecular formula is C13H13BrIN3. The molecule has 0 amide bonds. The number of nitrogens with one attached hydrogen (secondary N) is 1. The molecule has 0 saturated heterocycles. The summed E-state index contributed by atoms with van der Waals surface area (Å²) in [5.41, 5.74) is 3.22. The summed E-state index contributed by atoms with van der Waals surface area (Å²) in [6.45, 7) is 4.07. The fourth-order valence-electron chi connectivity index (χ4n) is 1.72. The van der Waals surface area contributed by atoms with E-state index in [1.54, 1.807) is 0 Å². The number of hydrogen-bond acceptors (Lipinski definition) is 3. The number of hydrogen-bond donors (Lipinski definition) is 1. The third-order valence-electron chi connectivity index (χ3n) is 2.68. The number of anilines is 1. The van der Waals surface area contributed by atoms with Crippen molar-refractivity contribution >= 4 is 44.3 Å². The highest BCUT2D eigenvalue weighted by atomic mass is 127. The smallest absolute Gasteiger partial charge is 0.162 e. The van der Waals surface area contributed by atoms with Crippen molar-refractivity contribution in [3.8, 4) is 11.4 Å². The van der Waals surface area contributed by atoms with Crippen LogP contribution in [0.5, 0.6) is 0 Å². The summed E-state index contributed by atoms with van der Waals surface area (Å²) in [6, 6.07) is 6.13. The lowest BCUT2D eigenvalue weighted by molar-refractivity contribution is 1.08. The fourth-order valence-corrected chi connectivity index (χ4v) is 2.71. The Morgan fingerprint density at radius 1 is 1.22 bits per heavy atom.